The molecule has 2 aliphatic heterocycles. The van der Waals surface area contributed by atoms with Crippen LogP contribution in [0.1, 0.15) is 24.8 Å². The zero-order valence-corrected chi connectivity index (χ0v) is 16.4. The van der Waals surface area contributed by atoms with Gasteiger partial charge in [-0.15, -0.1) is 0 Å². The first-order chi connectivity index (χ1) is 13.7. The van der Waals surface area contributed by atoms with Crippen LogP contribution in [0.15, 0.2) is 42.5 Å². The first-order valence-electron chi connectivity index (χ1n) is 9.89. The molecule has 0 N–H and O–H groups in total. The van der Waals surface area contributed by atoms with Crippen LogP contribution < -0.4 is 9.80 Å². The lowest BCUT2D eigenvalue weighted by molar-refractivity contribution is -0.122. The molecule has 144 valence electrons. The maximum absolute atomic E-state index is 13.5. The fourth-order valence-electron chi connectivity index (χ4n) is 4.36. The van der Waals surface area contributed by atoms with Gasteiger partial charge in [0.1, 0.15) is 5.82 Å². The van der Waals surface area contributed by atoms with E-state index in [9.17, 15) is 9.18 Å². The maximum Gasteiger partial charge on any atom is 0.231 e. The first-order valence-corrected chi connectivity index (χ1v) is 10.7. The lowest BCUT2D eigenvalue weighted by atomic mass is 9.94. The number of benzene rings is 2. The van der Waals surface area contributed by atoms with Crippen LogP contribution >= 0.6 is 11.3 Å². The summed E-state index contributed by atoms with van der Waals surface area (Å²) in [6, 6.07) is 13.0. The minimum atomic E-state index is -0.238. The van der Waals surface area contributed by atoms with E-state index in [1.807, 2.05) is 17.0 Å². The van der Waals surface area contributed by atoms with E-state index >= 15 is 0 Å². The topological polar surface area (TPSA) is 36.4 Å². The summed E-state index contributed by atoms with van der Waals surface area (Å²) in [5.74, 6) is -0.0363. The SMILES string of the molecule is O=C(C1CCCN(c2nc3ccc(F)cc3s2)C1)N1CCCc2ccccc21. The number of amides is 1. The van der Waals surface area contributed by atoms with Crippen molar-refractivity contribution in [3.63, 3.8) is 0 Å². The highest BCUT2D eigenvalue weighted by molar-refractivity contribution is 7.22. The van der Waals surface area contributed by atoms with Gasteiger partial charge in [-0.3, -0.25) is 4.79 Å². The average molecular weight is 396 g/mol. The van der Waals surface area contributed by atoms with Gasteiger partial charge in [-0.1, -0.05) is 29.5 Å². The fraction of sp³-hybridized carbons (Fsp3) is 0.364. The second-order valence-electron chi connectivity index (χ2n) is 7.62. The number of fused-ring (bicyclic) bond motifs is 2. The van der Waals surface area contributed by atoms with Crippen LogP contribution in [0.3, 0.4) is 0 Å². The molecule has 0 bridgehead atoms. The number of piperidine rings is 1. The van der Waals surface area contributed by atoms with Crippen LogP contribution in [-0.4, -0.2) is 30.5 Å². The number of carbonyl (C=O) groups is 1. The van der Waals surface area contributed by atoms with Gasteiger partial charge < -0.3 is 9.80 Å². The second kappa shape index (κ2) is 7.17. The van der Waals surface area contributed by atoms with Gasteiger partial charge in [0, 0.05) is 25.3 Å². The van der Waals surface area contributed by atoms with Crippen LogP contribution in [0.4, 0.5) is 15.2 Å². The molecule has 6 heteroatoms. The third-order valence-corrected chi connectivity index (χ3v) is 6.84. The minimum Gasteiger partial charge on any atom is -0.347 e. The third-order valence-electron chi connectivity index (χ3n) is 5.76. The zero-order valence-electron chi connectivity index (χ0n) is 15.6. The summed E-state index contributed by atoms with van der Waals surface area (Å²) in [6.07, 6.45) is 3.94. The number of carbonyl (C=O) groups excluding carboxylic acids is 1. The Labute approximate surface area is 167 Å². The predicted octanol–water partition coefficient (Wildman–Crippen LogP) is 4.63. The van der Waals surface area contributed by atoms with Gasteiger partial charge in [0.15, 0.2) is 5.13 Å². The van der Waals surface area contributed by atoms with E-state index in [-0.39, 0.29) is 17.6 Å². The Morgan fingerprint density at radius 2 is 2.04 bits per heavy atom. The van der Waals surface area contributed by atoms with E-state index in [0.717, 1.165) is 59.8 Å². The lowest BCUT2D eigenvalue weighted by Crippen LogP contribution is -2.46. The smallest absolute Gasteiger partial charge is 0.231 e. The Hall–Kier alpha value is -2.47. The van der Waals surface area contributed by atoms with Crippen molar-refractivity contribution in [2.24, 2.45) is 5.92 Å². The third kappa shape index (κ3) is 3.15. The Morgan fingerprint density at radius 1 is 1.14 bits per heavy atom. The second-order valence-corrected chi connectivity index (χ2v) is 8.62. The van der Waals surface area contributed by atoms with Crippen molar-refractivity contribution in [3.8, 4) is 0 Å². The molecular formula is C22H22FN3OS. The summed E-state index contributed by atoms with van der Waals surface area (Å²) in [6.45, 7) is 2.37. The molecule has 1 saturated heterocycles. The molecule has 0 spiro atoms. The van der Waals surface area contributed by atoms with Gasteiger partial charge in [0.2, 0.25) is 5.91 Å². The number of halogens is 1. The highest BCUT2D eigenvalue weighted by atomic mass is 32.1. The Morgan fingerprint density at radius 3 is 2.96 bits per heavy atom. The molecule has 0 aliphatic carbocycles. The number of thiazole rings is 1. The molecule has 0 saturated carbocycles. The summed E-state index contributed by atoms with van der Waals surface area (Å²) < 4.78 is 14.4. The Bertz CT molecular complexity index is 1030. The molecule has 4 nitrogen and oxygen atoms in total. The van der Waals surface area contributed by atoms with E-state index in [1.165, 1.54) is 29.0 Å². The number of aryl methyl sites for hydroxylation is 1. The molecule has 5 rings (SSSR count). The molecule has 2 aliphatic rings. The standard InChI is InChI=1S/C22H22FN3OS/c23-17-9-10-18-20(13-17)28-22(24-18)25-11-3-7-16(14-25)21(27)26-12-4-6-15-5-1-2-8-19(15)26/h1-2,5,8-10,13,16H,3-4,6-7,11-12,14H2. The van der Waals surface area contributed by atoms with Crippen LogP contribution in [0.2, 0.25) is 0 Å². The summed E-state index contributed by atoms with van der Waals surface area (Å²) in [7, 11) is 0. The Balaban J connectivity index is 1.37. The summed E-state index contributed by atoms with van der Waals surface area (Å²) in [5.41, 5.74) is 3.16. The van der Waals surface area contributed by atoms with Gasteiger partial charge in [0.25, 0.3) is 0 Å². The lowest BCUT2D eigenvalue weighted by Gasteiger charge is -2.37. The number of anilines is 2. The van der Waals surface area contributed by atoms with E-state index in [0.29, 0.717) is 6.54 Å². The minimum absolute atomic E-state index is 0.0244. The van der Waals surface area contributed by atoms with Crippen molar-refractivity contribution in [1.29, 1.82) is 0 Å². The van der Waals surface area contributed by atoms with Crippen LogP contribution in [0.5, 0.6) is 0 Å². The molecule has 1 amide bonds. The molecular weight excluding hydrogens is 373 g/mol. The highest BCUT2D eigenvalue weighted by Crippen LogP contribution is 2.34. The van der Waals surface area contributed by atoms with Crippen LogP contribution in [-0.2, 0) is 11.2 Å². The predicted molar refractivity (Wildman–Crippen MR) is 112 cm³/mol. The fourth-order valence-corrected chi connectivity index (χ4v) is 5.38. The van der Waals surface area contributed by atoms with Gasteiger partial charge in [0.05, 0.1) is 16.1 Å². The molecule has 1 aromatic heterocycles. The van der Waals surface area contributed by atoms with E-state index in [4.69, 9.17) is 0 Å². The summed E-state index contributed by atoms with van der Waals surface area (Å²) >= 11 is 1.51. The molecule has 1 fully saturated rings. The quantitative estimate of drug-likeness (QED) is 0.635. The molecule has 2 aromatic carbocycles. The number of hydrogen-bond donors (Lipinski definition) is 0. The van der Waals surface area contributed by atoms with Crippen molar-refractivity contribution < 1.29 is 9.18 Å². The molecule has 28 heavy (non-hydrogen) atoms. The molecule has 1 unspecified atom stereocenters. The normalized spacial score (nSPS) is 19.7. The van der Waals surface area contributed by atoms with E-state index < -0.39 is 0 Å². The average Bonchev–Trinajstić information content (AvgIpc) is 3.16. The molecule has 0 radical (unpaired) electrons. The number of hydrogen-bond acceptors (Lipinski definition) is 4. The van der Waals surface area contributed by atoms with Gasteiger partial charge in [-0.2, -0.15) is 0 Å². The van der Waals surface area contributed by atoms with Gasteiger partial charge >= 0.3 is 0 Å². The van der Waals surface area contributed by atoms with Crippen molar-refractivity contribution >= 4 is 38.3 Å². The van der Waals surface area contributed by atoms with E-state index in [2.05, 4.69) is 22.0 Å². The molecule has 3 aromatic rings. The van der Waals surface area contributed by atoms with Gasteiger partial charge in [-0.05, 0) is 55.5 Å². The highest BCUT2D eigenvalue weighted by Gasteiger charge is 2.32. The maximum atomic E-state index is 13.5. The van der Waals surface area contributed by atoms with Crippen LogP contribution in [0.25, 0.3) is 10.2 Å². The number of nitrogens with zero attached hydrogens (tertiary/aromatic N) is 3. The number of aromatic nitrogens is 1. The first kappa shape index (κ1) is 17.6. The zero-order chi connectivity index (χ0) is 19.1. The summed E-state index contributed by atoms with van der Waals surface area (Å²) in [5, 5.41) is 0.886. The van der Waals surface area contributed by atoms with Crippen LogP contribution in [0, 0.1) is 11.7 Å². The van der Waals surface area contributed by atoms with Crippen molar-refractivity contribution in [1.82, 2.24) is 4.98 Å². The van der Waals surface area contributed by atoms with Crippen molar-refractivity contribution in [3.05, 3.63) is 53.8 Å². The van der Waals surface area contributed by atoms with Gasteiger partial charge in [-0.25, -0.2) is 9.37 Å². The van der Waals surface area contributed by atoms with Crippen molar-refractivity contribution in [2.45, 2.75) is 25.7 Å². The number of para-hydroxylation sites is 1. The monoisotopic (exact) mass is 395 g/mol. The molecule has 1 atom stereocenters. The Kier molecular flexibility index (Phi) is 4.51. The number of rotatable bonds is 2. The van der Waals surface area contributed by atoms with E-state index in [1.54, 1.807) is 6.07 Å². The molecule has 3 heterocycles. The summed E-state index contributed by atoms with van der Waals surface area (Å²) in [4.78, 5) is 22.2. The van der Waals surface area contributed by atoms with Crippen molar-refractivity contribution in [2.75, 3.05) is 29.4 Å². The largest absolute Gasteiger partial charge is 0.347 e.